The van der Waals surface area contributed by atoms with Crippen LogP contribution in [-0.4, -0.2) is 29.9 Å². The van der Waals surface area contributed by atoms with Gasteiger partial charge in [0.25, 0.3) is 5.91 Å². The fourth-order valence-corrected chi connectivity index (χ4v) is 3.15. The van der Waals surface area contributed by atoms with Gasteiger partial charge in [-0.15, -0.1) is 11.3 Å². The monoisotopic (exact) mass is 295 g/mol. The highest BCUT2D eigenvalue weighted by Crippen LogP contribution is 2.34. The lowest BCUT2D eigenvalue weighted by Crippen LogP contribution is -2.45. The maximum atomic E-state index is 12.2. The van der Waals surface area contributed by atoms with Gasteiger partial charge in [0, 0.05) is 13.5 Å². The Morgan fingerprint density at radius 1 is 1.45 bits per heavy atom. The molecule has 0 aliphatic heterocycles. The van der Waals surface area contributed by atoms with E-state index in [1.807, 2.05) is 13.8 Å². The van der Waals surface area contributed by atoms with Gasteiger partial charge >= 0.3 is 0 Å². The van der Waals surface area contributed by atoms with Crippen LogP contribution in [0.15, 0.2) is 0 Å². The van der Waals surface area contributed by atoms with Crippen molar-refractivity contribution < 1.29 is 9.59 Å². The number of rotatable bonds is 6. The van der Waals surface area contributed by atoms with Gasteiger partial charge in [-0.2, -0.15) is 0 Å². The van der Waals surface area contributed by atoms with Crippen molar-refractivity contribution in [2.75, 3.05) is 7.05 Å². The van der Waals surface area contributed by atoms with E-state index in [1.54, 1.807) is 7.05 Å². The minimum Gasteiger partial charge on any atom is -0.357 e. The predicted molar refractivity (Wildman–Crippen MR) is 78.9 cm³/mol. The third-order valence-corrected chi connectivity index (χ3v) is 4.66. The van der Waals surface area contributed by atoms with E-state index in [4.69, 9.17) is 0 Å². The third kappa shape index (κ3) is 3.56. The van der Waals surface area contributed by atoms with Gasteiger partial charge in [0.15, 0.2) is 0 Å². The number of hydrogen-bond donors (Lipinski definition) is 2. The number of aryl methyl sites for hydroxylation is 1. The Kier molecular flexibility index (Phi) is 4.75. The second-order valence-electron chi connectivity index (χ2n) is 5.22. The van der Waals surface area contributed by atoms with E-state index in [9.17, 15) is 9.59 Å². The summed E-state index contributed by atoms with van der Waals surface area (Å²) >= 11 is 1.45. The van der Waals surface area contributed by atoms with Crippen molar-refractivity contribution in [1.82, 2.24) is 15.6 Å². The lowest BCUT2D eigenvalue weighted by atomic mass is 10.2. The summed E-state index contributed by atoms with van der Waals surface area (Å²) in [6.45, 7) is 3.72. The highest BCUT2D eigenvalue weighted by Gasteiger charge is 2.26. The molecule has 1 aliphatic rings. The molecule has 0 spiro atoms. The van der Waals surface area contributed by atoms with Gasteiger partial charge in [-0.1, -0.05) is 6.92 Å². The standard InChI is InChI=1S/C14H21N3O2S/c1-4-10(13(18)15-3)17-14(19)12-8(2)16-11(20-12)7-9-5-6-9/h9-10H,4-7H2,1-3H3,(H,15,18)(H,17,19). The number of hydrogen-bond acceptors (Lipinski definition) is 4. The maximum Gasteiger partial charge on any atom is 0.263 e. The molecule has 0 saturated heterocycles. The van der Waals surface area contributed by atoms with Crippen molar-refractivity contribution in [1.29, 1.82) is 0 Å². The molecule has 6 heteroatoms. The molecular weight excluding hydrogens is 274 g/mol. The molecule has 2 N–H and O–H groups in total. The fraction of sp³-hybridized carbons (Fsp3) is 0.643. The second kappa shape index (κ2) is 6.35. The minimum absolute atomic E-state index is 0.166. The Labute approximate surface area is 123 Å². The zero-order chi connectivity index (χ0) is 14.7. The van der Waals surface area contributed by atoms with Gasteiger partial charge in [-0.3, -0.25) is 9.59 Å². The van der Waals surface area contributed by atoms with Crippen LogP contribution in [0.2, 0.25) is 0 Å². The number of nitrogens with one attached hydrogen (secondary N) is 2. The predicted octanol–water partition coefficient (Wildman–Crippen LogP) is 1.66. The molecule has 5 nitrogen and oxygen atoms in total. The highest BCUT2D eigenvalue weighted by atomic mass is 32.1. The Morgan fingerprint density at radius 3 is 2.70 bits per heavy atom. The fourth-order valence-electron chi connectivity index (χ4n) is 2.07. The second-order valence-corrected chi connectivity index (χ2v) is 6.30. The number of carbonyl (C=O) groups excluding carboxylic acids is 2. The van der Waals surface area contributed by atoms with Crippen molar-refractivity contribution >= 4 is 23.2 Å². The molecular formula is C14H21N3O2S. The van der Waals surface area contributed by atoms with Gasteiger partial charge in [-0.25, -0.2) is 4.98 Å². The zero-order valence-corrected chi connectivity index (χ0v) is 13.0. The van der Waals surface area contributed by atoms with E-state index in [0.29, 0.717) is 11.3 Å². The Bertz CT molecular complexity index is 509. The Hall–Kier alpha value is -1.43. The molecule has 0 bridgehead atoms. The first kappa shape index (κ1) is 15.0. The number of thiazole rings is 1. The molecule has 0 radical (unpaired) electrons. The Morgan fingerprint density at radius 2 is 2.15 bits per heavy atom. The molecule has 1 atom stereocenters. The largest absolute Gasteiger partial charge is 0.357 e. The van der Waals surface area contributed by atoms with Crippen molar-refractivity contribution in [2.45, 2.75) is 45.6 Å². The van der Waals surface area contributed by atoms with Crippen LogP contribution in [-0.2, 0) is 11.2 Å². The topological polar surface area (TPSA) is 71.1 Å². The molecule has 1 aromatic heterocycles. The number of likely N-dealkylation sites (N-methyl/N-ethyl adjacent to an activating group) is 1. The smallest absolute Gasteiger partial charge is 0.263 e. The van der Waals surface area contributed by atoms with Gasteiger partial charge in [0.05, 0.1) is 10.7 Å². The normalized spacial score (nSPS) is 15.8. The summed E-state index contributed by atoms with van der Waals surface area (Å²) in [5.41, 5.74) is 0.759. The summed E-state index contributed by atoms with van der Waals surface area (Å²) in [5.74, 6) is 0.393. The first-order valence-corrected chi connectivity index (χ1v) is 7.85. The van der Waals surface area contributed by atoms with Crippen LogP contribution in [0.5, 0.6) is 0 Å². The molecule has 1 fully saturated rings. The van der Waals surface area contributed by atoms with E-state index in [1.165, 1.54) is 24.2 Å². The van der Waals surface area contributed by atoms with Crippen LogP contribution in [0.25, 0.3) is 0 Å². The molecule has 1 aromatic rings. The third-order valence-electron chi connectivity index (χ3n) is 3.48. The van der Waals surface area contributed by atoms with Crippen LogP contribution in [0, 0.1) is 12.8 Å². The first-order valence-electron chi connectivity index (χ1n) is 7.03. The molecule has 1 aliphatic carbocycles. The lowest BCUT2D eigenvalue weighted by molar-refractivity contribution is -0.122. The first-order chi connectivity index (χ1) is 9.55. The molecule has 20 heavy (non-hydrogen) atoms. The maximum absolute atomic E-state index is 12.2. The lowest BCUT2D eigenvalue weighted by Gasteiger charge is -2.14. The molecule has 110 valence electrons. The number of aromatic nitrogens is 1. The SMILES string of the molecule is CCC(NC(=O)c1sc(CC2CC2)nc1C)C(=O)NC. The summed E-state index contributed by atoms with van der Waals surface area (Å²) in [6, 6.07) is -0.485. The van der Waals surface area contributed by atoms with Gasteiger partial charge < -0.3 is 10.6 Å². The van der Waals surface area contributed by atoms with Crippen molar-refractivity contribution in [3.63, 3.8) is 0 Å². The molecule has 1 unspecified atom stereocenters. The van der Waals surface area contributed by atoms with E-state index >= 15 is 0 Å². The van der Waals surface area contributed by atoms with Gasteiger partial charge in [0.2, 0.25) is 5.91 Å². The molecule has 1 heterocycles. The number of nitrogens with zero attached hydrogens (tertiary/aromatic N) is 1. The van der Waals surface area contributed by atoms with Crippen molar-refractivity contribution in [3.05, 3.63) is 15.6 Å². The zero-order valence-electron chi connectivity index (χ0n) is 12.2. The summed E-state index contributed by atoms with van der Waals surface area (Å²) in [7, 11) is 1.57. The highest BCUT2D eigenvalue weighted by molar-refractivity contribution is 7.13. The van der Waals surface area contributed by atoms with Gasteiger partial charge in [0.1, 0.15) is 10.9 Å². The van der Waals surface area contributed by atoms with Crippen LogP contribution in [0.4, 0.5) is 0 Å². The molecule has 2 amide bonds. The van der Waals surface area contributed by atoms with E-state index < -0.39 is 6.04 Å². The number of amides is 2. The van der Waals surface area contributed by atoms with E-state index in [2.05, 4.69) is 15.6 Å². The van der Waals surface area contributed by atoms with Crippen molar-refractivity contribution in [2.24, 2.45) is 5.92 Å². The van der Waals surface area contributed by atoms with Crippen LogP contribution < -0.4 is 10.6 Å². The van der Waals surface area contributed by atoms with Crippen LogP contribution in [0.3, 0.4) is 0 Å². The number of carbonyl (C=O) groups is 2. The summed E-state index contributed by atoms with van der Waals surface area (Å²) in [5, 5.41) is 6.37. The molecule has 0 aromatic carbocycles. The van der Waals surface area contributed by atoms with Gasteiger partial charge in [-0.05, 0) is 32.1 Å². The Balaban J connectivity index is 2.03. The molecule has 2 rings (SSSR count). The summed E-state index contributed by atoms with van der Waals surface area (Å²) in [4.78, 5) is 29.0. The van der Waals surface area contributed by atoms with E-state index in [-0.39, 0.29) is 11.8 Å². The van der Waals surface area contributed by atoms with E-state index in [0.717, 1.165) is 23.0 Å². The average molecular weight is 295 g/mol. The quantitative estimate of drug-likeness (QED) is 0.838. The minimum atomic E-state index is -0.485. The molecule has 1 saturated carbocycles. The summed E-state index contributed by atoms with van der Waals surface area (Å²) < 4.78 is 0. The van der Waals surface area contributed by atoms with Crippen molar-refractivity contribution in [3.8, 4) is 0 Å². The summed E-state index contributed by atoms with van der Waals surface area (Å²) in [6.07, 6.45) is 4.09. The average Bonchev–Trinajstić information content (AvgIpc) is 3.16. The van der Waals surface area contributed by atoms with Crippen LogP contribution >= 0.6 is 11.3 Å². The van der Waals surface area contributed by atoms with Crippen LogP contribution in [0.1, 0.15) is 46.6 Å².